The minimum absolute atomic E-state index is 0.0379. The van der Waals surface area contributed by atoms with Gasteiger partial charge in [-0.2, -0.15) is 0 Å². The van der Waals surface area contributed by atoms with Gasteiger partial charge in [-0.05, 0) is 12.0 Å². The van der Waals surface area contributed by atoms with Gasteiger partial charge in [-0.25, -0.2) is 0 Å². The molecule has 2 N–H and O–H groups in total. The van der Waals surface area contributed by atoms with Gasteiger partial charge in [0.05, 0.1) is 6.42 Å². The summed E-state index contributed by atoms with van der Waals surface area (Å²) in [5.74, 6) is -1.15. The van der Waals surface area contributed by atoms with Crippen LogP contribution in [0.4, 0.5) is 0 Å². The molecule has 0 spiro atoms. The Morgan fingerprint density at radius 2 is 1.94 bits per heavy atom. The molecular weight excluding hydrogens is 218 g/mol. The van der Waals surface area contributed by atoms with E-state index in [0.29, 0.717) is 6.42 Å². The van der Waals surface area contributed by atoms with Crippen molar-refractivity contribution in [2.75, 3.05) is 6.54 Å². The second-order valence-electron chi connectivity index (χ2n) is 4.03. The summed E-state index contributed by atoms with van der Waals surface area (Å²) in [4.78, 5) is 21.9. The standard InChI is InChI=1S/C13H17NO3/c1-10(9-11-5-3-2-4-6-11)13(17)14-8-7-12(15)16/h2-6,10H,7-9H2,1H3,(H,14,17)(H,15,16)/t10-/m1/s1. The highest BCUT2D eigenvalue weighted by Gasteiger charge is 2.13. The van der Waals surface area contributed by atoms with E-state index in [1.54, 1.807) is 0 Å². The molecule has 0 heterocycles. The number of rotatable bonds is 6. The molecule has 0 saturated carbocycles. The molecule has 1 atom stereocenters. The van der Waals surface area contributed by atoms with Crippen molar-refractivity contribution in [3.63, 3.8) is 0 Å². The first-order valence-corrected chi connectivity index (χ1v) is 5.63. The van der Waals surface area contributed by atoms with Crippen molar-refractivity contribution in [1.29, 1.82) is 0 Å². The van der Waals surface area contributed by atoms with E-state index < -0.39 is 5.97 Å². The summed E-state index contributed by atoms with van der Waals surface area (Å²) in [5.41, 5.74) is 1.10. The van der Waals surface area contributed by atoms with Crippen LogP contribution < -0.4 is 5.32 Å². The van der Waals surface area contributed by atoms with Gasteiger partial charge in [-0.1, -0.05) is 37.3 Å². The lowest BCUT2D eigenvalue weighted by molar-refractivity contribution is -0.137. The van der Waals surface area contributed by atoms with Gasteiger partial charge in [0, 0.05) is 12.5 Å². The Labute approximate surface area is 101 Å². The van der Waals surface area contributed by atoms with Crippen molar-refractivity contribution < 1.29 is 14.7 Å². The molecule has 17 heavy (non-hydrogen) atoms. The van der Waals surface area contributed by atoms with E-state index in [0.717, 1.165) is 5.56 Å². The highest BCUT2D eigenvalue weighted by atomic mass is 16.4. The van der Waals surface area contributed by atoms with E-state index in [-0.39, 0.29) is 24.8 Å². The zero-order valence-corrected chi connectivity index (χ0v) is 9.85. The third kappa shape index (κ3) is 5.15. The van der Waals surface area contributed by atoms with Crippen molar-refractivity contribution >= 4 is 11.9 Å². The molecule has 92 valence electrons. The van der Waals surface area contributed by atoms with Gasteiger partial charge < -0.3 is 10.4 Å². The molecule has 0 saturated heterocycles. The first-order valence-electron chi connectivity index (χ1n) is 5.63. The summed E-state index contributed by atoms with van der Waals surface area (Å²) < 4.78 is 0. The molecular formula is C13H17NO3. The lowest BCUT2D eigenvalue weighted by atomic mass is 10.0. The van der Waals surface area contributed by atoms with Crippen LogP contribution in [-0.4, -0.2) is 23.5 Å². The van der Waals surface area contributed by atoms with Crippen LogP contribution in [0.15, 0.2) is 30.3 Å². The van der Waals surface area contributed by atoms with Gasteiger partial charge in [0.25, 0.3) is 0 Å². The minimum Gasteiger partial charge on any atom is -0.481 e. The number of benzene rings is 1. The fraction of sp³-hybridized carbons (Fsp3) is 0.385. The van der Waals surface area contributed by atoms with Crippen LogP contribution in [0.25, 0.3) is 0 Å². The second-order valence-corrected chi connectivity index (χ2v) is 4.03. The van der Waals surface area contributed by atoms with Crippen molar-refractivity contribution in [1.82, 2.24) is 5.32 Å². The quantitative estimate of drug-likeness (QED) is 0.784. The average Bonchev–Trinajstić information content (AvgIpc) is 2.29. The number of carbonyl (C=O) groups is 2. The summed E-state index contributed by atoms with van der Waals surface area (Å²) in [5, 5.41) is 11.1. The van der Waals surface area contributed by atoms with Crippen molar-refractivity contribution in [2.24, 2.45) is 5.92 Å². The fourth-order valence-corrected chi connectivity index (χ4v) is 1.53. The van der Waals surface area contributed by atoms with Crippen molar-refractivity contribution in [3.05, 3.63) is 35.9 Å². The fourth-order valence-electron chi connectivity index (χ4n) is 1.53. The number of hydrogen-bond acceptors (Lipinski definition) is 2. The zero-order chi connectivity index (χ0) is 12.7. The van der Waals surface area contributed by atoms with Crippen molar-refractivity contribution in [3.8, 4) is 0 Å². The van der Waals surface area contributed by atoms with Crippen LogP contribution in [0.1, 0.15) is 18.9 Å². The van der Waals surface area contributed by atoms with E-state index in [9.17, 15) is 9.59 Å². The van der Waals surface area contributed by atoms with E-state index in [4.69, 9.17) is 5.11 Å². The molecule has 0 aliphatic rings. The highest BCUT2D eigenvalue weighted by molar-refractivity contribution is 5.79. The minimum atomic E-state index is -0.902. The Balaban J connectivity index is 2.34. The summed E-state index contributed by atoms with van der Waals surface area (Å²) in [6, 6.07) is 9.75. The summed E-state index contributed by atoms with van der Waals surface area (Å²) in [7, 11) is 0. The lowest BCUT2D eigenvalue weighted by Crippen LogP contribution is -2.31. The molecule has 1 aromatic rings. The molecule has 0 aliphatic heterocycles. The number of amides is 1. The summed E-state index contributed by atoms with van der Waals surface area (Å²) in [6.07, 6.45) is 0.629. The first-order chi connectivity index (χ1) is 8.09. The predicted molar refractivity (Wildman–Crippen MR) is 64.6 cm³/mol. The Hall–Kier alpha value is -1.84. The maximum Gasteiger partial charge on any atom is 0.305 e. The van der Waals surface area contributed by atoms with Crippen LogP contribution in [-0.2, 0) is 16.0 Å². The van der Waals surface area contributed by atoms with Crippen LogP contribution >= 0.6 is 0 Å². The maximum absolute atomic E-state index is 11.6. The van der Waals surface area contributed by atoms with Gasteiger partial charge >= 0.3 is 5.97 Å². The van der Waals surface area contributed by atoms with E-state index >= 15 is 0 Å². The molecule has 0 unspecified atom stereocenters. The van der Waals surface area contributed by atoms with Gasteiger partial charge in [0.15, 0.2) is 0 Å². The monoisotopic (exact) mass is 235 g/mol. The SMILES string of the molecule is C[C@H](Cc1ccccc1)C(=O)NCCC(=O)O. The Morgan fingerprint density at radius 1 is 1.29 bits per heavy atom. The summed E-state index contributed by atoms with van der Waals surface area (Å²) >= 11 is 0. The normalized spacial score (nSPS) is 11.8. The van der Waals surface area contributed by atoms with Crippen LogP contribution in [0.5, 0.6) is 0 Å². The molecule has 1 aromatic carbocycles. The van der Waals surface area contributed by atoms with Gasteiger partial charge in [0.2, 0.25) is 5.91 Å². The zero-order valence-electron chi connectivity index (χ0n) is 9.85. The Kier molecular flexibility index (Phi) is 5.20. The first kappa shape index (κ1) is 13.2. The Morgan fingerprint density at radius 3 is 2.53 bits per heavy atom. The van der Waals surface area contributed by atoms with Crippen molar-refractivity contribution in [2.45, 2.75) is 19.8 Å². The van der Waals surface area contributed by atoms with E-state index in [1.807, 2.05) is 37.3 Å². The molecule has 4 heteroatoms. The maximum atomic E-state index is 11.6. The molecule has 0 aromatic heterocycles. The topological polar surface area (TPSA) is 66.4 Å². The molecule has 4 nitrogen and oxygen atoms in total. The largest absolute Gasteiger partial charge is 0.481 e. The smallest absolute Gasteiger partial charge is 0.305 e. The molecule has 0 fully saturated rings. The van der Waals surface area contributed by atoms with Gasteiger partial charge in [-0.3, -0.25) is 9.59 Å². The molecule has 0 bridgehead atoms. The number of carbonyl (C=O) groups excluding carboxylic acids is 1. The van der Waals surface area contributed by atoms with Gasteiger partial charge in [-0.15, -0.1) is 0 Å². The number of carboxylic acids is 1. The second kappa shape index (κ2) is 6.68. The number of carboxylic acid groups (broad SMARTS) is 1. The molecule has 1 amide bonds. The Bertz CT molecular complexity index is 376. The third-order valence-corrected chi connectivity index (χ3v) is 2.47. The summed E-state index contributed by atoms with van der Waals surface area (Å²) in [6.45, 7) is 2.02. The van der Waals surface area contributed by atoms with Gasteiger partial charge in [0.1, 0.15) is 0 Å². The highest BCUT2D eigenvalue weighted by Crippen LogP contribution is 2.07. The number of nitrogens with one attached hydrogen (secondary N) is 1. The van der Waals surface area contributed by atoms with E-state index in [2.05, 4.69) is 5.32 Å². The lowest BCUT2D eigenvalue weighted by Gasteiger charge is -2.11. The van der Waals surface area contributed by atoms with Crippen LogP contribution in [0.3, 0.4) is 0 Å². The van der Waals surface area contributed by atoms with E-state index in [1.165, 1.54) is 0 Å². The molecule has 1 rings (SSSR count). The average molecular weight is 235 g/mol. The molecule has 0 radical (unpaired) electrons. The number of hydrogen-bond donors (Lipinski definition) is 2. The number of aliphatic carboxylic acids is 1. The molecule has 0 aliphatic carbocycles. The van der Waals surface area contributed by atoms with Crippen LogP contribution in [0, 0.1) is 5.92 Å². The third-order valence-electron chi connectivity index (χ3n) is 2.47. The predicted octanol–water partition coefficient (Wildman–Crippen LogP) is 1.46. The van der Waals surface area contributed by atoms with Crippen LogP contribution in [0.2, 0.25) is 0 Å².